The summed E-state index contributed by atoms with van der Waals surface area (Å²) in [6.45, 7) is 2.50. The highest BCUT2D eigenvalue weighted by Gasteiger charge is 2.18. The number of aryl methyl sites for hydroxylation is 1. The van der Waals surface area contributed by atoms with Gasteiger partial charge in [0, 0.05) is 18.8 Å². The number of hydrogen-bond acceptors (Lipinski definition) is 4. The van der Waals surface area contributed by atoms with E-state index in [4.69, 9.17) is 11.6 Å². The minimum Gasteiger partial charge on any atom is -0.508 e. The molecule has 8 heteroatoms. The number of hydrogen-bond donors (Lipinski definition) is 2. The van der Waals surface area contributed by atoms with Gasteiger partial charge < -0.3 is 9.67 Å². The molecule has 0 amide bonds. The third kappa shape index (κ3) is 2.99. The van der Waals surface area contributed by atoms with Gasteiger partial charge in [0.2, 0.25) is 0 Å². The first-order valence-electron chi connectivity index (χ1n) is 5.45. The van der Waals surface area contributed by atoms with Gasteiger partial charge in [0.25, 0.3) is 10.0 Å². The van der Waals surface area contributed by atoms with Crippen molar-refractivity contribution >= 4 is 27.3 Å². The number of halogens is 1. The van der Waals surface area contributed by atoms with Gasteiger partial charge in [-0.3, -0.25) is 4.72 Å². The molecule has 0 saturated heterocycles. The van der Waals surface area contributed by atoms with Crippen LogP contribution in [0.15, 0.2) is 35.7 Å². The molecule has 1 heterocycles. The van der Waals surface area contributed by atoms with Crippen LogP contribution in [-0.4, -0.2) is 23.1 Å². The van der Waals surface area contributed by atoms with Crippen molar-refractivity contribution in [1.29, 1.82) is 0 Å². The summed E-state index contributed by atoms with van der Waals surface area (Å²) in [7, 11) is -3.79. The lowest BCUT2D eigenvalue weighted by Gasteiger charge is -2.07. The van der Waals surface area contributed by atoms with E-state index in [1.54, 1.807) is 4.57 Å². The van der Waals surface area contributed by atoms with Crippen molar-refractivity contribution in [1.82, 2.24) is 9.55 Å². The van der Waals surface area contributed by atoms with Gasteiger partial charge in [-0.05, 0) is 19.1 Å². The maximum Gasteiger partial charge on any atom is 0.280 e. The van der Waals surface area contributed by atoms with E-state index in [9.17, 15) is 13.5 Å². The average Bonchev–Trinajstić information content (AvgIpc) is 2.82. The van der Waals surface area contributed by atoms with Crippen molar-refractivity contribution in [3.05, 3.63) is 35.7 Å². The largest absolute Gasteiger partial charge is 0.508 e. The highest BCUT2D eigenvalue weighted by Crippen LogP contribution is 2.27. The predicted molar refractivity (Wildman–Crippen MR) is 71.8 cm³/mol. The topological polar surface area (TPSA) is 84.2 Å². The van der Waals surface area contributed by atoms with E-state index in [0.29, 0.717) is 6.54 Å². The number of nitrogens with one attached hydrogen (secondary N) is 1. The summed E-state index contributed by atoms with van der Waals surface area (Å²) in [4.78, 5) is 3.82. The Hall–Kier alpha value is -1.73. The SMILES string of the molecule is CCn1cnc(S(=O)(=O)Nc2ccc(O)cc2Cl)c1. The first kappa shape index (κ1) is 13.7. The third-order valence-corrected chi connectivity index (χ3v) is 4.01. The maximum absolute atomic E-state index is 12.1. The lowest BCUT2D eigenvalue weighted by Crippen LogP contribution is -2.13. The van der Waals surface area contributed by atoms with Crippen LogP contribution in [0.4, 0.5) is 5.69 Å². The minimum absolute atomic E-state index is 0.0387. The summed E-state index contributed by atoms with van der Waals surface area (Å²) < 4.78 is 28.1. The molecule has 2 N–H and O–H groups in total. The zero-order valence-electron chi connectivity index (χ0n) is 10.0. The van der Waals surface area contributed by atoms with E-state index in [-0.39, 0.29) is 21.5 Å². The molecule has 0 fully saturated rings. The van der Waals surface area contributed by atoms with E-state index in [1.807, 2.05) is 6.92 Å². The van der Waals surface area contributed by atoms with Crippen LogP contribution in [0.5, 0.6) is 5.75 Å². The molecule has 0 bridgehead atoms. The second-order valence-corrected chi connectivity index (χ2v) is 5.85. The number of anilines is 1. The molecule has 0 radical (unpaired) electrons. The number of rotatable bonds is 4. The smallest absolute Gasteiger partial charge is 0.280 e. The van der Waals surface area contributed by atoms with Crippen LogP contribution in [0, 0.1) is 0 Å². The Morgan fingerprint density at radius 3 is 2.79 bits per heavy atom. The lowest BCUT2D eigenvalue weighted by atomic mass is 10.3. The Morgan fingerprint density at radius 1 is 1.47 bits per heavy atom. The highest BCUT2D eigenvalue weighted by atomic mass is 35.5. The number of imidazole rings is 1. The van der Waals surface area contributed by atoms with E-state index < -0.39 is 10.0 Å². The summed E-state index contributed by atoms with van der Waals surface area (Å²) in [5.41, 5.74) is 0.186. The van der Waals surface area contributed by atoms with Gasteiger partial charge in [-0.25, -0.2) is 4.98 Å². The first-order valence-corrected chi connectivity index (χ1v) is 7.31. The molecule has 19 heavy (non-hydrogen) atoms. The molecule has 0 aliphatic carbocycles. The van der Waals surface area contributed by atoms with Gasteiger partial charge >= 0.3 is 0 Å². The molecule has 0 atom stereocenters. The number of sulfonamides is 1. The number of benzene rings is 1. The fourth-order valence-electron chi connectivity index (χ4n) is 1.44. The zero-order chi connectivity index (χ0) is 14.0. The van der Waals surface area contributed by atoms with Crippen LogP contribution in [0.25, 0.3) is 0 Å². The molecule has 0 unspecified atom stereocenters. The number of phenols is 1. The fraction of sp³-hybridized carbons (Fsp3) is 0.182. The van der Waals surface area contributed by atoms with Crippen molar-refractivity contribution in [2.24, 2.45) is 0 Å². The van der Waals surface area contributed by atoms with Crippen LogP contribution < -0.4 is 4.72 Å². The molecule has 2 aromatic rings. The van der Waals surface area contributed by atoms with E-state index in [1.165, 1.54) is 30.7 Å². The minimum atomic E-state index is -3.79. The van der Waals surface area contributed by atoms with Crippen molar-refractivity contribution < 1.29 is 13.5 Å². The van der Waals surface area contributed by atoms with Gasteiger partial charge in [-0.15, -0.1) is 0 Å². The molecular weight excluding hydrogens is 290 g/mol. The Morgan fingerprint density at radius 2 is 2.21 bits per heavy atom. The van der Waals surface area contributed by atoms with Gasteiger partial charge in [0.15, 0.2) is 5.03 Å². The molecule has 0 aliphatic rings. The summed E-state index contributed by atoms with van der Waals surface area (Å²) in [6.07, 6.45) is 2.86. The summed E-state index contributed by atoms with van der Waals surface area (Å²) in [5, 5.41) is 9.24. The van der Waals surface area contributed by atoms with Gasteiger partial charge in [-0.2, -0.15) is 8.42 Å². The molecule has 102 valence electrons. The molecule has 2 rings (SSSR count). The standard InChI is InChI=1S/C11H12ClN3O3S/c1-2-15-6-11(13-7-15)19(17,18)14-10-4-3-8(16)5-9(10)12/h3-7,14,16H,2H2,1H3. The molecule has 0 spiro atoms. The summed E-state index contributed by atoms with van der Waals surface area (Å²) in [6, 6.07) is 3.98. The van der Waals surface area contributed by atoms with E-state index in [0.717, 1.165) is 0 Å². The number of phenolic OH excluding ortho intramolecular Hbond substituents is 1. The van der Waals surface area contributed by atoms with Crippen LogP contribution in [-0.2, 0) is 16.6 Å². The zero-order valence-corrected chi connectivity index (χ0v) is 11.6. The van der Waals surface area contributed by atoms with Crippen LogP contribution in [0.1, 0.15) is 6.92 Å². The van der Waals surface area contributed by atoms with E-state index >= 15 is 0 Å². The monoisotopic (exact) mass is 301 g/mol. The molecule has 6 nitrogen and oxygen atoms in total. The maximum atomic E-state index is 12.1. The normalized spacial score (nSPS) is 11.5. The fourth-order valence-corrected chi connectivity index (χ4v) is 2.75. The molecule has 0 aliphatic heterocycles. The molecule has 0 saturated carbocycles. The Balaban J connectivity index is 2.30. The van der Waals surface area contributed by atoms with Crippen LogP contribution in [0.3, 0.4) is 0 Å². The predicted octanol–water partition coefficient (Wildman–Crippen LogP) is 2.06. The second kappa shape index (κ2) is 5.10. The Labute approximate surface area is 115 Å². The van der Waals surface area contributed by atoms with Crippen LogP contribution >= 0.6 is 11.6 Å². The van der Waals surface area contributed by atoms with Crippen molar-refractivity contribution in [3.8, 4) is 5.75 Å². The number of nitrogens with zero attached hydrogens (tertiary/aromatic N) is 2. The molecule has 1 aromatic carbocycles. The van der Waals surface area contributed by atoms with Gasteiger partial charge in [0.1, 0.15) is 5.75 Å². The Bertz CT molecular complexity index is 697. The van der Waals surface area contributed by atoms with Crippen molar-refractivity contribution in [2.45, 2.75) is 18.5 Å². The average molecular weight is 302 g/mol. The highest BCUT2D eigenvalue weighted by molar-refractivity contribution is 7.92. The lowest BCUT2D eigenvalue weighted by molar-refractivity contribution is 0.475. The summed E-state index contributed by atoms with van der Waals surface area (Å²) in [5.74, 6) is -0.0387. The van der Waals surface area contributed by atoms with Crippen molar-refractivity contribution in [3.63, 3.8) is 0 Å². The van der Waals surface area contributed by atoms with Gasteiger partial charge in [0.05, 0.1) is 17.0 Å². The quantitative estimate of drug-likeness (QED) is 0.847. The summed E-state index contributed by atoms with van der Waals surface area (Å²) >= 11 is 5.84. The van der Waals surface area contributed by atoms with Crippen molar-refractivity contribution in [2.75, 3.05) is 4.72 Å². The molecular formula is C11H12ClN3O3S. The van der Waals surface area contributed by atoms with Crippen LogP contribution in [0.2, 0.25) is 5.02 Å². The van der Waals surface area contributed by atoms with Gasteiger partial charge in [-0.1, -0.05) is 11.6 Å². The second-order valence-electron chi connectivity index (χ2n) is 3.81. The number of aromatic nitrogens is 2. The Kier molecular flexibility index (Phi) is 3.68. The third-order valence-electron chi connectivity index (χ3n) is 2.45. The first-order chi connectivity index (χ1) is 8.92. The molecule has 1 aromatic heterocycles. The number of aromatic hydroxyl groups is 1. The van der Waals surface area contributed by atoms with E-state index in [2.05, 4.69) is 9.71 Å².